The molecule has 1 fully saturated rings. The van der Waals surface area contributed by atoms with Gasteiger partial charge in [0.1, 0.15) is 0 Å². The zero-order valence-electron chi connectivity index (χ0n) is 10.4. The van der Waals surface area contributed by atoms with E-state index in [9.17, 15) is 0 Å². The Kier molecular flexibility index (Phi) is 3.29. The second-order valence-corrected chi connectivity index (χ2v) is 5.50. The number of rotatable bonds is 4. The molecule has 1 saturated heterocycles. The zero-order chi connectivity index (χ0) is 11.7. The summed E-state index contributed by atoms with van der Waals surface area (Å²) >= 11 is 0. The molecule has 1 atom stereocenters. The molecule has 0 amide bonds. The highest BCUT2D eigenvalue weighted by atomic mass is 16.5. The minimum Gasteiger partial charge on any atom is -0.368 e. The van der Waals surface area contributed by atoms with Gasteiger partial charge in [0.25, 0.3) is 0 Å². The zero-order valence-corrected chi connectivity index (χ0v) is 10.4. The van der Waals surface area contributed by atoms with Crippen LogP contribution >= 0.6 is 0 Å². The highest BCUT2D eigenvalue weighted by molar-refractivity contribution is 5.12. The molecular formula is C12H24N2O. The molecule has 1 aliphatic rings. The van der Waals surface area contributed by atoms with Crippen LogP contribution in [-0.2, 0) is 4.74 Å². The maximum atomic E-state index is 6.06. The van der Waals surface area contributed by atoms with Crippen LogP contribution in [0, 0.1) is 0 Å². The highest BCUT2D eigenvalue weighted by Gasteiger charge is 2.55. The molecule has 1 unspecified atom stereocenters. The smallest absolute Gasteiger partial charge is 0.0828 e. The van der Waals surface area contributed by atoms with Crippen LogP contribution in [-0.4, -0.2) is 29.8 Å². The largest absolute Gasteiger partial charge is 0.368 e. The molecule has 0 spiro atoms. The van der Waals surface area contributed by atoms with E-state index in [-0.39, 0.29) is 16.7 Å². The number of hydrogen-bond acceptors (Lipinski definition) is 3. The molecule has 0 aromatic heterocycles. The fourth-order valence-electron chi connectivity index (χ4n) is 2.70. The first kappa shape index (κ1) is 12.7. The Hall–Kier alpha value is -0.380. The van der Waals surface area contributed by atoms with Gasteiger partial charge >= 0.3 is 0 Å². The molecular weight excluding hydrogens is 188 g/mol. The van der Waals surface area contributed by atoms with E-state index in [1.807, 2.05) is 6.08 Å². The van der Waals surface area contributed by atoms with Crippen LogP contribution in [0.15, 0.2) is 12.7 Å². The van der Waals surface area contributed by atoms with Crippen molar-refractivity contribution in [1.29, 1.82) is 0 Å². The average molecular weight is 212 g/mol. The molecule has 1 heterocycles. The second kappa shape index (κ2) is 3.89. The third-order valence-corrected chi connectivity index (χ3v) is 3.34. The molecule has 0 aromatic rings. The van der Waals surface area contributed by atoms with Crippen molar-refractivity contribution in [1.82, 2.24) is 5.32 Å². The van der Waals surface area contributed by atoms with Crippen LogP contribution in [0.25, 0.3) is 0 Å². The third kappa shape index (κ3) is 2.25. The number of nitrogens with one attached hydrogen (secondary N) is 1. The summed E-state index contributed by atoms with van der Waals surface area (Å²) < 4.78 is 6.06. The van der Waals surface area contributed by atoms with Crippen LogP contribution in [0.1, 0.15) is 34.1 Å². The number of hydrogen-bond donors (Lipinski definition) is 2. The van der Waals surface area contributed by atoms with E-state index in [0.717, 1.165) is 13.0 Å². The molecule has 15 heavy (non-hydrogen) atoms. The van der Waals surface area contributed by atoms with E-state index >= 15 is 0 Å². The van der Waals surface area contributed by atoms with Crippen LogP contribution in [0.3, 0.4) is 0 Å². The predicted molar refractivity (Wildman–Crippen MR) is 63.8 cm³/mol. The molecule has 0 aromatic carbocycles. The van der Waals surface area contributed by atoms with Crippen molar-refractivity contribution in [2.24, 2.45) is 5.73 Å². The van der Waals surface area contributed by atoms with Crippen molar-refractivity contribution in [3.8, 4) is 0 Å². The average Bonchev–Trinajstić information content (AvgIpc) is 2.28. The lowest BCUT2D eigenvalue weighted by atomic mass is 9.79. The van der Waals surface area contributed by atoms with Gasteiger partial charge in [-0.15, -0.1) is 6.58 Å². The molecule has 1 aliphatic heterocycles. The van der Waals surface area contributed by atoms with Gasteiger partial charge in [-0.1, -0.05) is 6.08 Å². The molecule has 0 radical (unpaired) electrons. The standard InChI is InChI=1S/C12H24N2O/c1-6-7-14-12(9-13)8-10(2,3)15-11(12,4)5/h6,14H,1,7-9,13H2,2-5H3. The summed E-state index contributed by atoms with van der Waals surface area (Å²) in [6.45, 7) is 13.5. The third-order valence-electron chi connectivity index (χ3n) is 3.34. The van der Waals surface area contributed by atoms with Gasteiger partial charge in [0.15, 0.2) is 0 Å². The van der Waals surface area contributed by atoms with Crippen LogP contribution in [0.2, 0.25) is 0 Å². The Morgan fingerprint density at radius 2 is 2.00 bits per heavy atom. The summed E-state index contributed by atoms with van der Waals surface area (Å²) in [6, 6.07) is 0. The van der Waals surface area contributed by atoms with E-state index in [2.05, 4.69) is 39.6 Å². The number of nitrogens with two attached hydrogens (primary N) is 1. The lowest BCUT2D eigenvalue weighted by Crippen LogP contribution is -2.61. The van der Waals surface area contributed by atoms with Crippen molar-refractivity contribution < 1.29 is 4.74 Å². The van der Waals surface area contributed by atoms with Gasteiger partial charge in [0.2, 0.25) is 0 Å². The SMILES string of the molecule is C=CCNC1(CN)CC(C)(C)OC1(C)C. The summed E-state index contributed by atoms with van der Waals surface area (Å²) in [7, 11) is 0. The molecule has 88 valence electrons. The molecule has 3 heteroatoms. The minimum atomic E-state index is -0.242. The van der Waals surface area contributed by atoms with Crippen LogP contribution in [0.5, 0.6) is 0 Å². The summed E-state index contributed by atoms with van der Waals surface area (Å²) in [6.07, 6.45) is 2.79. The summed E-state index contributed by atoms with van der Waals surface area (Å²) in [5.74, 6) is 0. The van der Waals surface area contributed by atoms with E-state index in [1.165, 1.54) is 0 Å². The summed E-state index contributed by atoms with van der Waals surface area (Å²) in [5, 5.41) is 3.47. The molecule has 3 nitrogen and oxygen atoms in total. The van der Waals surface area contributed by atoms with Gasteiger partial charge in [0, 0.05) is 13.1 Å². The maximum Gasteiger partial charge on any atom is 0.0828 e. The minimum absolute atomic E-state index is 0.114. The van der Waals surface area contributed by atoms with Gasteiger partial charge in [-0.05, 0) is 34.1 Å². The van der Waals surface area contributed by atoms with E-state index < -0.39 is 0 Å². The Morgan fingerprint density at radius 1 is 1.40 bits per heavy atom. The maximum absolute atomic E-state index is 6.06. The molecule has 3 N–H and O–H groups in total. The van der Waals surface area contributed by atoms with E-state index in [0.29, 0.717) is 6.54 Å². The van der Waals surface area contributed by atoms with Gasteiger partial charge in [0.05, 0.1) is 16.7 Å². The highest BCUT2D eigenvalue weighted by Crippen LogP contribution is 2.44. The number of ether oxygens (including phenoxy) is 1. The normalized spacial score (nSPS) is 32.9. The fraction of sp³-hybridized carbons (Fsp3) is 0.833. The van der Waals surface area contributed by atoms with Gasteiger partial charge in [-0.2, -0.15) is 0 Å². The molecule has 1 rings (SSSR count). The first-order chi connectivity index (χ1) is 6.79. The lowest BCUT2D eigenvalue weighted by molar-refractivity contribution is -0.0816. The van der Waals surface area contributed by atoms with Crippen LogP contribution < -0.4 is 11.1 Å². The lowest BCUT2D eigenvalue weighted by Gasteiger charge is -2.39. The van der Waals surface area contributed by atoms with Crippen molar-refractivity contribution in [3.05, 3.63) is 12.7 Å². The van der Waals surface area contributed by atoms with Crippen molar-refractivity contribution in [3.63, 3.8) is 0 Å². The fourth-order valence-corrected chi connectivity index (χ4v) is 2.70. The van der Waals surface area contributed by atoms with Crippen molar-refractivity contribution in [2.45, 2.75) is 50.9 Å². The quantitative estimate of drug-likeness (QED) is 0.693. The van der Waals surface area contributed by atoms with Gasteiger partial charge < -0.3 is 15.8 Å². The topological polar surface area (TPSA) is 47.3 Å². The van der Waals surface area contributed by atoms with E-state index in [1.54, 1.807) is 0 Å². The summed E-state index contributed by atoms with van der Waals surface area (Å²) in [4.78, 5) is 0. The molecule has 0 aliphatic carbocycles. The Morgan fingerprint density at radius 3 is 2.33 bits per heavy atom. The predicted octanol–water partition coefficient (Wildman–Crippen LogP) is 1.44. The Labute approximate surface area is 93.1 Å². The monoisotopic (exact) mass is 212 g/mol. The first-order valence-corrected chi connectivity index (χ1v) is 5.55. The van der Waals surface area contributed by atoms with Gasteiger partial charge in [-0.3, -0.25) is 0 Å². The molecule has 0 saturated carbocycles. The summed E-state index contributed by atoms with van der Waals surface area (Å²) in [5.41, 5.74) is 5.43. The second-order valence-electron chi connectivity index (χ2n) is 5.50. The van der Waals surface area contributed by atoms with Crippen molar-refractivity contribution in [2.75, 3.05) is 13.1 Å². The first-order valence-electron chi connectivity index (χ1n) is 5.55. The molecule has 0 bridgehead atoms. The van der Waals surface area contributed by atoms with Crippen LogP contribution in [0.4, 0.5) is 0 Å². The Balaban J connectivity index is 2.92. The van der Waals surface area contributed by atoms with Crippen molar-refractivity contribution >= 4 is 0 Å². The van der Waals surface area contributed by atoms with E-state index in [4.69, 9.17) is 10.5 Å². The van der Waals surface area contributed by atoms with Gasteiger partial charge in [-0.25, -0.2) is 0 Å². The Bertz CT molecular complexity index is 248.